The Bertz CT molecular complexity index is 896. The van der Waals surface area contributed by atoms with Gasteiger partial charge in [-0.15, -0.1) is 0 Å². The standard InChI is InChI=1S/C18H21N3O5S/c22-21(23)18-14-16(27(24,25)20-10-12-26-13-11-20)6-7-17(18)19-9-8-15-4-2-1-3-5-15/h1-7,14,19H,8-13H2. The van der Waals surface area contributed by atoms with E-state index in [1.165, 1.54) is 16.4 Å². The summed E-state index contributed by atoms with van der Waals surface area (Å²) in [4.78, 5) is 10.8. The summed E-state index contributed by atoms with van der Waals surface area (Å²) in [5, 5.41) is 14.5. The summed E-state index contributed by atoms with van der Waals surface area (Å²) in [5.74, 6) is 0. The van der Waals surface area contributed by atoms with Crippen LogP contribution >= 0.6 is 0 Å². The van der Waals surface area contributed by atoms with Gasteiger partial charge in [0.15, 0.2) is 0 Å². The van der Waals surface area contributed by atoms with Crippen LogP contribution in [0.25, 0.3) is 0 Å². The molecular weight excluding hydrogens is 370 g/mol. The molecule has 0 unspecified atom stereocenters. The zero-order valence-corrected chi connectivity index (χ0v) is 15.5. The Kier molecular flexibility index (Phi) is 6.04. The number of hydrogen-bond acceptors (Lipinski definition) is 6. The van der Waals surface area contributed by atoms with Crippen molar-refractivity contribution < 1.29 is 18.1 Å². The van der Waals surface area contributed by atoms with Crippen molar-refractivity contribution in [1.29, 1.82) is 0 Å². The van der Waals surface area contributed by atoms with Crippen LogP contribution in [-0.4, -0.2) is 50.5 Å². The molecule has 1 aliphatic rings. The van der Waals surface area contributed by atoms with Gasteiger partial charge in [0.1, 0.15) is 5.69 Å². The van der Waals surface area contributed by atoms with Crippen LogP contribution < -0.4 is 5.32 Å². The molecule has 2 aromatic rings. The van der Waals surface area contributed by atoms with E-state index < -0.39 is 14.9 Å². The van der Waals surface area contributed by atoms with E-state index in [0.717, 1.165) is 11.6 Å². The van der Waals surface area contributed by atoms with E-state index >= 15 is 0 Å². The third-order valence-corrected chi connectivity index (χ3v) is 6.24. The lowest BCUT2D eigenvalue weighted by molar-refractivity contribution is -0.384. The molecule has 1 fully saturated rings. The molecule has 1 heterocycles. The summed E-state index contributed by atoms with van der Waals surface area (Å²) in [5.41, 5.74) is 1.16. The number of hydrogen-bond donors (Lipinski definition) is 1. The summed E-state index contributed by atoms with van der Waals surface area (Å²) in [6, 6.07) is 13.7. The van der Waals surface area contributed by atoms with E-state index in [9.17, 15) is 18.5 Å². The molecule has 1 N–H and O–H groups in total. The molecule has 8 nitrogen and oxygen atoms in total. The highest BCUT2D eigenvalue weighted by Crippen LogP contribution is 2.29. The number of nitrogens with zero attached hydrogens (tertiary/aromatic N) is 2. The van der Waals surface area contributed by atoms with Crippen LogP contribution in [0.15, 0.2) is 53.4 Å². The van der Waals surface area contributed by atoms with Gasteiger partial charge in [0.2, 0.25) is 10.0 Å². The van der Waals surface area contributed by atoms with Gasteiger partial charge in [-0.05, 0) is 24.1 Å². The fraction of sp³-hybridized carbons (Fsp3) is 0.333. The van der Waals surface area contributed by atoms with Crippen LogP contribution in [0.2, 0.25) is 0 Å². The SMILES string of the molecule is O=[N+]([O-])c1cc(S(=O)(=O)N2CCOCC2)ccc1NCCc1ccccc1. The molecule has 9 heteroatoms. The number of benzene rings is 2. The first-order valence-electron chi connectivity index (χ1n) is 8.62. The number of sulfonamides is 1. The number of nitro groups is 1. The minimum Gasteiger partial charge on any atom is -0.379 e. The first kappa shape index (κ1) is 19.3. The van der Waals surface area contributed by atoms with Gasteiger partial charge >= 0.3 is 0 Å². The average molecular weight is 391 g/mol. The van der Waals surface area contributed by atoms with E-state index in [0.29, 0.717) is 31.9 Å². The van der Waals surface area contributed by atoms with Crippen LogP contribution in [0.3, 0.4) is 0 Å². The lowest BCUT2D eigenvalue weighted by Gasteiger charge is -2.26. The van der Waals surface area contributed by atoms with Crippen molar-refractivity contribution >= 4 is 21.4 Å². The number of nitro benzene ring substituents is 1. The summed E-state index contributed by atoms with van der Waals surface area (Å²) in [7, 11) is -3.78. The van der Waals surface area contributed by atoms with E-state index in [1.54, 1.807) is 0 Å². The maximum atomic E-state index is 12.7. The molecule has 0 spiro atoms. The third-order valence-electron chi connectivity index (χ3n) is 4.35. The largest absolute Gasteiger partial charge is 0.379 e. The molecule has 0 aromatic heterocycles. The third kappa shape index (κ3) is 4.62. The normalized spacial score (nSPS) is 15.4. The average Bonchev–Trinajstić information content (AvgIpc) is 2.69. The van der Waals surface area contributed by atoms with E-state index in [4.69, 9.17) is 4.74 Å². The molecule has 0 radical (unpaired) electrons. The van der Waals surface area contributed by atoms with Gasteiger partial charge in [0, 0.05) is 25.7 Å². The van der Waals surface area contributed by atoms with Gasteiger partial charge in [-0.1, -0.05) is 30.3 Å². The van der Waals surface area contributed by atoms with Gasteiger partial charge in [0.05, 0.1) is 23.0 Å². The maximum absolute atomic E-state index is 12.7. The van der Waals surface area contributed by atoms with Crippen LogP contribution in [0.4, 0.5) is 11.4 Å². The van der Waals surface area contributed by atoms with Crippen molar-refractivity contribution in [2.45, 2.75) is 11.3 Å². The predicted molar refractivity (Wildman–Crippen MR) is 101 cm³/mol. The van der Waals surface area contributed by atoms with Crippen LogP contribution in [0, 0.1) is 10.1 Å². The summed E-state index contributed by atoms with van der Waals surface area (Å²) in [6.45, 7) is 1.63. The van der Waals surface area contributed by atoms with E-state index in [-0.39, 0.29) is 23.7 Å². The Labute approximate surface area is 158 Å². The Hall–Kier alpha value is -2.49. The lowest BCUT2D eigenvalue weighted by Crippen LogP contribution is -2.40. The van der Waals surface area contributed by atoms with Gasteiger partial charge in [-0.2, -0.15) is 4.31 Å². The Morgan fingerprint density at radius 1 is 1.11 bits per heavy atom. The topological polar surface area (TPSA) is 102 Å². The molecule has 0 amide bonds. The molecule has 27 heavy (non-hydrogen) atoms. The molecule has 2 aromatic carbocycles. The first-order chi connectivity index (χ1) is 13.0. The van der Waals surface area contributed by atoms with Crippen molar-refractivity contribution in [3.63, 3.8) is 0 Å². The van der Waals surface area contributed by atoms with Gasteiger partial charge < -0.3 is 10.1 Å². The highest BCUT2D eigenvalue weighted by atomic mass is 32.2. The second-order valence-corrected chi connectivity index (χ2v) is 8.05. The van der Waals surface area contributed by atoms with Crippen molar-refractivity contribution in [3.8, 4) is 0 Å². The molecule has 144 valence electrons. The number of anilines is 1. The Morgan fingerprint density at radius 2 is 1.81 bits per heavy atom. The predicted octanol–water partition coefficient (Wildman–Crippen LogP) is 2.27. The number of ether oxygens (including phenoxy) is 1. The molecule has 0 aliphatic carbocycles. The van der Waals surface area contributed by atoms with Gasteiger partial charge in [0.25, 0.3) is 5.69 Å². The molecule has 0 saturated carbocycles. The van der Waals surface area contributed by atoms with Crippen molar-refractivity contribution in [2.24, 2.45) is 0 Å². The smallest absolute Gasteiger partial charge is 0.293 e. The number of rotatable bonds is 7. The summed E-state index contributed by atoms with van der Waals surface area (Å²) in [6.07, 6.45) is 0.700. The zero-order valence-electron chi connectivity index (χ0n) is 14.7. The van der Waals surface area contributed by atoms with E-state index in [2.05, 4.69) is 5.32 Å². The quantitative estimate of drug-likeness (QED) is 0.574. The van der Waals surface area contributed by atoms with Crippen LogP contribution in [0.5, 0.6) is 0 Å². The van der Waals surface area contributed by atoms with Crippen molar-refractivity contribution in [1.82, 2.24) is 4.31 Å². The molecule has 1 aliphatic heterocycles. The molecule has 0 bridgehead atoms. The number of morpholine rings is 1. The monoisotopic (exact) mass is 391 g/mol. The van der Waals surface area contributed by atoms with Crippen molar-refractivity contribution in [2.75, 3.05) is 38.2 Å². The number of nitrogens with one attached hydrogen (secondary N) is 1. The minimum atomic E-state index is -3.78. The lowest BCUT2D eigenvalue weighted by atomic mass is 10.1. The fourth-order valence-corrected chi connectivity index (χ4v) is 4.32. The summed E-state index contributed by atoms with van der Waals surface area (Å²) < 4.78 is 31.9. The first-order valence-corrected chi connectivity index (χ1v) is 10.1. The molecule has 1 saturated heterocycles. The fourth-order valence-electron chi connectivity index (χ4n) is 2.89. The maximum Gasteiger partial charge on any atom is 0.293 e. The second kappa shape index (κ2) is 8.47. The minimum absolute atomic E-state index is 0.0790. The van der Waals surface area contributed by atoms with E-state index in [1.807, 2.05) is 30.3 Å². The molecule has 0 atom stereocenters. The van der Waals surface area contributed by atoms with Crippen molar-refractivity contribution in [3.05, 3.63) is 64.2 Å². The Balaban J connectivity index is 1.77. The van der Waals surface area contributed by atoms with Crippen LogP contribution in [-0.2, 0) is 21.2 Å². The van der Waals surface area contributed by atoms with Gasteiger partial charge in [-0.3, -0.25) is 10.1 Å². The highest BCUT2D eigenvalue weighted by molar-refractivity contribution is 7.89. The second-order valence-electron chi connectivity index (χ2n) is 6.11. The Morgan fingerprint density at radius 3 is 2.48 bits per heavy atom. The van der Waals surface area contributed by atoms with Crippen LogP contribution in [0.1, 0.15) is 5.56 Å². The van der Waals surface area contributed by atoms with Gasteiger partial charge in [-0.25, -0.2) is 8.42 Å². The highest BCUT2D eigenvalue weighted by Gasteiger charge is 2.28. The molecule has 3 rings (SSSR count). The zero-order chi connectivity index (χ0) is 19.3. The summed E-state index contributed by atoms with van der Waals surface area (Å²) >= 11 is 0. The molecular formula is C18H21N3O5S.